The molecule has 1 heterocycles. The minimum atomic E-state index is 0.141. The van der Waals surface area contributed by atoms with Gasteiger partial charge in [0.15, 0.2) is 5.78 Å². The monoisotopic (exact) mass is 273 g/mol. The van der Waals surface area contributed by atoms with Crippen LogP contribution < -0.4 is 0 Å². The maximum atomic E-state index is 12.1. The number of thiazole rings is 1. The van der Waals surface area contributed by atoms with Gasteiger partial charge in [0.1, 0.15) is 0 Å². The molecule has 100 valence electrons. The highest BCUT2D eigenvalue weighted by molar-refractivity contribution is 7.09. The lowest BCUT2D eigenvalue weighted by Gasteiger charge is -2.07. The fraction of sp³-hybridized carbons (Fsp3) is 0.375. The first kappa shape index (κ1) is 13.9. The third kappa shape index (κ3) is 3.51. The number of nitrogens with zero attached hydrogens (tertiary/aromatic N) is 1. The van der Waals surface area contributed by atoms with E-state index in [0.29, 0.717) is 12.3 Å². The Hall–Kier alpha value is -1.48. The number of aromatic nitrogens is 1. The molecule has 1 aromatic carbocycles. The first-order valence-electron chi connectivity index (χ1n) is 6.77. The summed E-state index contributed by atoms with van der Waals surface area (Å²) in [5.74, 6) is 0.674. The van der Waals surface area contributed by atoms with Gasteiger partial charge in [-0.25, -0.2) is 4.98 Å². The van der Waals surface area contributed by atoms with Crippen molar-refractivity contribution in [2.24, 2.45) is 0 Å². The molecule has 19 heavy (non-hydrogen) atoms. The number of benzene rings is 1. The van der Waals surface area contributed by atoms with Gasteiger partial charge < -0.3 is 0 Å². The van der Waals surface area contributed by atoms with Crippen LogP contribution in [0.4, 0.5) is 0 Å². The largest absolute Gasteiger partial charge is 0.294 e. The van der Waals surface area contributed by atoms with Crippen LogP contribution in [0.1, 0.15) is 53.7 Å². The van der Waals surface area contributed by atoms with Gasteiger partial charge in [-0.3, -0.25) is 4.79 Å². The molecule has 0 aliphatic heterocycles. The van der Waals surface area contributed by atoms with E-state index in [1.54, 1.807) is 11.3 Å². The Labute approximate surface area is 118 Å². The van der Waals surface area contributed by atoms with E-state index in [-0.39, 0.29) is 5.78 Å². The van der Waals surface area contributed by atoms with E-state index in [0.717, 1.165) is 24.1 Å². The summed E-state index contributed by atoms with van der Waals surface area (Å²) in [4.78, 5) is 16.7. The van der Waals surface area contributed by atoms with E-state index >= 15 is 0 Å². The van der Waals surface area contributed by atoms with Crippen molar-refractivity contribution >= 4 is 17.1 Å². The standard InChI is InChI=1S/C16H19NOS/c1-3-12(4-2)16-17-14(11-19-16)10-15(18)13-8-6-5-7-9-13/h5-9,11-12H,3-4,10H2,1-2H3. The molecule has 0 amide bonds. The lowest BCUT2D eigenvalue weighted by Crippen LogP contribution is -2.04. The molecule has 2 rings (SSSR count). The van der Waals surface area contributed by atoms with E-state index in [4.69, 9.17) is 0 Å². The molecule has 0 spiro atoms. The van der Waals surface area contributed by atoms with Crippen LogP contribution in [-0.4, -0.2) is 10.8 Å². The second-order valence-corrected chi connectivity index (χ2v) is 5.55. The molecule has 0 saturated carbocycles. The lowest BCUT2D eigenvalue weighted by atomic mass is 10.0. The molecule has 1 aromatic heterocycles. The zero-order valence-electron chi connectivity index (χ0n) is 11.4. The van der Waals surface area contributed by atoms with Crippen molar-refractivity contribution in [1.29, 1.82) is 0 Å². The first-order chi connectivity index (χ1) is 9.24. The van der Waals surface area contributed by atoms with Gasteiger partial charge >= 0.3 is 0 Å². The highest BCUT2D eigenvalue weighted by atomic mass is 32.1. The third-order valence-corrected chi connectivity index (χ3v) is 4.40. The lowest BCUT2D eigenvalue weighted by molar-refractivity contribution is 0.0992. The fourth-order valence-electron chi connectivity index (χ4n) is 2.12. The molecule has 0 N–H and O–H groups in total. The van der Waals surface area contributed by atoms with Crippen LogP contribution in [0.3, 0.4) is 0 Å². The summed E-state index contributed by atoms with van der Waals surface area (Å²) in [6, 6.07) is 9.42. The van der Waals surface area contributed by atoms with Crippen molar-refractivity contribution in [3.05, 3.63) is 52.0 Å². The average molecular weight is 273 g/mol. The van der Waals surface area contributed by atoms with Gasteiger partial charge in [-0.05, 0) is 12.8 Å². The summed E-state index contributed by atoms with van der Waals surface area (Å²) in [6.07, 6.45) is 2.62. The number of ketones is 1. The van der Waals surface area contributed by atoms with Crippen LogP contribution in [0.15, 0.2) is 35.7 Å². The number of rotatable bonds is 6. The van der Waals surface area contributed by atoms with Crippen molar-refractivity contribution in [1.82, 2.24) is 4.98 Å². The topological polar surface area (TPSA) is 30.0 Å². The molecule has 0 bridgehead atoms. The van der Waals surface area contributed by atoms with Gasteiger partial charge in [-0.1, -0.05) is 44.2 Å². The molecule has 0 unspecified atom stereocenters. The van der Waals surface area contributed by atoms with E-state index in [1.807, 2.05) is 35.7 Å². The minimum Gasteiger partial charge on any atom is -0.294 e. The van der Waals surface area contributed by atoms with Gasteiger partial charge in [-0.15, -0.1) is 11.3 Å². The normalized spacial score (nSPS) is 10.9. The highest BCUT2D eigenvalue weighted by Crippen LogP contribution is 2.26. The number of Topliss-reactive ketones (excluding diaryl/α,β-unsaturated/α-hetero) is 1. The Bertz CT molecular complexity index is 529. The Morgan fingerprint density at radius 3 is 2.53 bits per heavy atom. The summed E-state index contributed by atoms with van der Waals surface area (Å²) in [7, 11) is 0. The SMILES string of the molecule is CCC(CC)c1nc(CC(=O)c2ccccc2)cs1. The molecule has 0 fully saturated rings. The Morgan fingerprint density at radius 1 is 1.21 bits per heavy atom. The predicted molar refractivity (Wildman–Crippen MR) is 79.9 cm³/mol. The molecule has 0 aliphatic rings. The number of carbonyl (C=O) groups excluding carboxylic acids is 1. The summed E-state index contributed by atoms with van der Waals surface area (Å²) < 4.78 is 0. The first-order valence-corrected chi connectivity index (χ1v) is 7.65. The highest BCUT2D eigenvalue weighted by Gasteiger charge is 2.14. The Morgan fingerprint density at radius 2 is 1.89 bits per heavy atom. The molecule has 2 aromatic rings. The van der Waals surface area contributed by atoms with Gasteiger partial charge in [-0.2, -0.15) is 0 Å². The van der Waals surface area contributed by atoms with Gasteiger partial charge in [0.25, 0.3) is 0 Å². The van der Waals surface area contributed by atoms with Gasteiger partial charge in [0.2, 0.25) is 0 Å². The van der Waals surface area contributed by atoms with Crippen LogP contribution in [0.2, 0.25) is 0 Å². The second-order valence-electron chi connectivity index (χ2n) is 4.66. The fourth-order valence-corrected chi connectivity index (χ4v) is 3.21. The predicted octanol–water partition coefficient (Wildman–Crippen LogP) is 4.47. The third-order valence-electron chi connectivity index (χ3n) is 3.34. The molecule has 0 radical (unpaired) electrons. The molecular weight excluding hydrogens is 254 g/mol. The van der Waals surface area contributed by atoms with Gasteiger partial charge in [0, 0.05) is 16.9 Å². The number of carbonyl (C=O) groups is 1. The van der Waals surface area contributed by atoms with Crippen LogP contribution >= 0.6 is 11.3 Å². The summed E-state index contributed by atoms with van der Waals surface area (Å²) in [5, 5.41) is 3.19. The minimum absolute atomic E-state index is 0.141. The van der Waals surface area contributed by atoms with E-state index < -0.39 is 0 Å². The van der Waals surface area contributed by atoms with Crippen LogP contribution in [0.25, 0.3) is 0 Å². The Balaban J connectivity index is 2.06. The van der Waals surface area contributed by atoms with Crippen LogP contribution in [0, 0.1) is 0 Å². The van der Waals surface area contributed by atoms with Crippen molar-refractivity contribution in [2.45, 2.75) is 39.0 Å². The number of hydrogen-bond acceptors (Lipinski definition) is 3. The average Bonchev–Trinajstić information content (AvgIpc) is 2.89. The molecule has 2 nitrogen and oxygen atoms in total. The zero-order valence-corrected chi connectivity index (χ0v) is 12.2. The van der Waals surface area contributed by atoms with Crippen LogP contribution in [0.5, 0.6) is 0 Å². The smallest absolute Gasteiger partial charge is 0.168 e. The van der Waals surface area contributed by atoms with Gasteiger partial charge in [0.05, 0.1) is 17.1 Å². The maximum Gasteiger partial charge on any atom is 0.168 e. The molecule has 0 atom stereocenters. The zero-order chi connectivity index (χ0) is 13.7. The molecule has 0 saturated heterocycles. The van der Waals surface area contributed by atoms with E-state index in [1.165, 1.54) is 5.01 Å². The summed E-state index contributed by atoms with van der Waals surface area (Å²) >= 11 is 1.68. The van der Waals surface area contributed by atoms with Crippen molar-refractivity contribution in [2.75, 3.05) is 0 Å². The van der Waals surface area contributed by atoms with Crippen LogP contribution in [-0.2, 0) is 6.42 Å². The Kier molecular flexibility index (Phi) is 4.86. The second kappa shape index (κ2) is 6.62. The van der Waals surface area contributed by atoms with Crippen molar-refractivity contribution in [3.8, 4) is 0 Å². The summed E-state index contributed by atoms with van der Waals surface area (Å²) in [5.41, 5.74) is 1.67. The van der Waals surface area contributed by atoms with Crippen molar-refractivity contribution in [3.63, 3.8) is 0 Å². The quantitative estimate of drug-likeness (QED) is 0.727. The van der Waals surface area contributed by atoms with E-state index in [2.05, 4.69) is 18.8 Å². The molecule has 3 heteroatoms. The molecule has 0 aliphatic carbocycles. The maximum absolute atomic E-state index is 12.1. The summed E-state index contributed by atoms with van der Waals surface area (Å²) in [6.45, 7) is 4.37. The van der Waals surface area contributed by atoms with Crippen molar-refractivity contribution < 1.29 is 4.79 Å². The number of hydrogen-bond donors (Lipinski definition) is 0. The van der Waals surface area contributed by atoms with E-state index in [9.17, 15) is 4.79 Å². The molecular formula is C16H19NOS.